The fourth-order valence-corrected chi connectivity index (χ4v) is 4.46. The van der Waals surface area contributed by atoms with Crippen LogP contribution in [-0.4, -0.2) is 43.8 Å². The summed E-state index contributed by atoms with van der Waals surface area (Å²) in [5.74, 6) is -0.370. The van der Waals surface area contributed by atoms with Crippen LogP contribution in [0.4, 0.5) is 23.8 Å². The minimum absolute atomic E-state index is 0.00857. The molecule has 11 heteroatoms. The average Bonchev–Trinajstić information content (AvgIpc) is 3.44. The summed E-state index contributed by atoms with van der Waals surface area (Å²) in [5.41, 5.74) is 6.88. The molecule has 186 valence electrons. The molecule has 0 bridgehead atoms. The first-order valence-corrected chi connectivity index (χ1v) is 11.4. The molecule has 2 unspecified atom stereocenters. The molecule has 3 aromatic rings. The molecule has 2 amide bonds. The Morgan fingerprint density at radius 2 is 1.94 bits per heavy atom. The number of aryl methyl sites for hydroxylation is 1. The van der Waals surface area contributed by atoms with Crippen LogP contribution in [0.5, 0.6) is 0 Å². The Morgan fingerprint density at radius 1 is 1.23 bits per heavy atom. The van der Waals surface area contributed by atoms with Crippen molar-refractivity contribution in [2.24, 2.45) is 13.0 Å². The number of urea groups is 1. The summed E-state index contributed by atoms with van der Waals surface area (Å²) in [5, 5.41) is 7.53. The number of rotatable bonds is 5. The number of nitrogens with two attached hydrogens (primary N) is 1. The van der Waals surface area contributed by atoms with Gasteiger partial charge in [-0.25, -0.2) is 9.78 Å². The van der Waals surface area contributed by atoms with Gasteiger partial charge in [-0.3, -0.25) is 9.67 Å². The smallest absolute Gasteiger partial charge is 0.383 e. The molecule has 1 fully saturated rings. The number of anilines is 1. The monoisotopic (exact) mass is 487 g/mol. The molecule has 1 aliphatic heterocycles. The van der Waals surface area contributed by atoms with Crippen LogP contribution in [0, 0.1) is 5.92 Å². The topological polar surface area (TPSA) is 102 Å². The van der Waals surface area contributed by atoms with Gasteiger partial charge in [-0.15, -0.1) is 0 Å². The molecule has 4 rings (SSSR count). The van der Waals surface area contributed by atoms with E-state index in [0.717, 1.165) is 23.7 Å². The molecular weight excluding hydrogens is 459 g/mol. The fourth-order valence-electron chi connectivity index (χ4n) is 4.46. The average molecular weight is 488 g/mol. The molecule has 0 aliphatic carbocycles. The standard InChI is InChI=1S/C24H28F3N7O/c1-14(2)21(15-4-7-29-8-5-15)31-23(35)34-9-6-16(13-34)20-11-19(32-33(20)3)17-10-18(24(25,26)27)22(28)30-12-17/h4-5,7-8,10-12,14,16,21H,6,9,13H2,1-3H3,(H2,28,30)(H,31,35). The van der Waals surface area contributed by atoms with Crippen LogP contribution in [-0.2, 0) is 13.2 Å². The Morgan fingerprint density at radius 3 is 2.60 bits per heavy atom. The number of alkyl halides is 3. The zero-order chi connectivity index (χ0) is 25.3. The van der Waals surface area contributed by atoms with Gasteiger partial charge in [-0.2, -0.15) is 18.3 Å². The molecule has 3 aromatic heterocycles. The van der Waals surface area contributed by atoms with Crippen LogP contribution in [0.1, 0.15) is 49.0 Å². The zero-order valence-corrected chi connectivity index (χ0v) is 19.8. The van der Waals surface area contributed by atoms with Crippen LogP contribution in [0.3, 0.4) is 0 Å². The lowest BCUT2D eigenvalue weighted by Crippen LogP contribution is -2.41. The number of aromatic nitrogens is 4. The van der Waals surface area contributed by atoms with Crippen molar-refractivity contribution in [3.05, 3.63) is 59.7 Å². The number of likely N-dealkylation sites (tertiary alicyclic amines) is 1. The third-order valence-electron chi connectivity index (χ3n) is 6.34. The number of nitrogens with one attached hydrogen (secondary N) is 1. The molecule has 8 nitrogen and oxygen atoms in total. The number of nitrogens with zero attached hydrogens (tertiary/aromatic N) is 5. The molecule has 0 spiro atoms. The van der Waals surface area contributed by atoms with Crippen LogP contribution in [0.25, 0.3) is 11.3 Å². The molecule has 35 heavy (non-hydrogen) atoms. The largest absolute Gasteiger partial charge is 0.419 e. The first-order chi connectivity index (χ1) is 16.5. The third kappa shape index (κ3) is 5.23. The van der Waals surface area contributed by atoms with Gasteiger partial charge in [0.2, 0.25) is 0 Å². The number of hydrogen-bond acceptors (Lipinski definition) is 5. The first-order valence-electron chi connectivity index (χ1n) is 11.4. The van der Waals surface area contributed by atoms with Crippen molar-refractivity contribution < 1.29 is 18.0 Å². The zero-order valence-electron chi connectivity index (χ0n) is 19.8. The Hall–Kier alpha value is -3.63. The van der Waals surface area contributed by atoms with Gasteiger partial charge in [0, 0.05) is 55.9 Å². The van der Waals surface area contributed by atoms with E-state index in [1.165, 1.54) is 6.20 Å². The summed E-state index contributed by atoms with van der Waals surface area (Å²) in [4.78, 5) is 22.5. The first kappa shape index (κ1) is 24.5. The van der Waals surface area contributed by atoms with Crippen molar-refractivity contribution in [3.8, 4) is 11.3 Å². The molecular formula is C24H28F3N7O. The summed E-state index contributed by atoms with van der Waals surface area (Å²) in [6.45, 7) is 5.15. The van der Waals surface area contributed by atoms with Gasteiger partial charge < -0.3 is 16.0 Å². The quantitative estimate of drug-likeness (QED) is 0.556. The molecule has 0 aromatic carbocycles. The van der Waals surface area contributed by atoms with Crippen LogP contribution in [0.15, 0.2) is 42.9 Å². The summed E-state index contributed by atoms with van der Waals surface area (Å²) in [6.07, 6.45) is 0.820. The fraction of sp³-hybridized carbons (Fsp3) is 0.417. The molecule has 0 saturated carbocycles. The lowest BCUT2D eigenvalue weighted by molar-refractivity contribution is -0.137. The van der Waals surface area contributed by atoms with Crippen LogP contribution in [0.2, 0.25) is 0 Å². The number of nitrogen functional groups attached to an aromatic ring is 1. The summed E-state index contributed by atoms with van der Waals surface area (Å²) >= 11 is 0. The van der Waals surface area contributed by atoms with Crippen molar-refractivity contribution in [3.63, 3.8) is 0 Å². The van der Waals surface area contributed by atoms with Crippen LogP contribution < -0.4 is 11.1 Å². The highest BCUT2D eigenvalue weighted by atomic mass is 19.4. The predicted octanol–water partition coefficient (Wildman–Crippen LogP) is 4.37. The van der Waals surface area contributed by atoms with E-state index in [-0.39, 0.29) is 29.5 Å². The number of amides is 2. The van der Waals surface area contributed by atoms with Gasteiger partial charge in [0.15, 0.2) is 0 Å². The highest BCUT2D eigenvalue weighted by Gasteiger charge is 2.35. The molecule has 1 aliphatic rings. The normalized spacial score (nSPS) is 17.1. The van der Waals surface area contributed by atoms with Crippen molar-refractivity contribution in [1.29, 1.82) is 0 Å². The predicted molar refractivity (Wildman–Crippen MR) is 125 cm³/mol. The maximum absolute atomic E-state index is 13.2. The van der Waals surface area contributed by atoms with E-state index in [1.807, 2.05) is 26.0 Å². The SMILES string of the molecule is CC(C)C(NC(=O)N1CCC(c2cc(-c3cnc(N)c(C(F)(F)F)c3)nn2C)C1)c1ccncc1. The lowest BCUT2D eigenvalue weighted by atomic mass is 9.97. The van der Waals surface area contributed by atoms with Gasteiger partial charge in [0.1, 0.15) is 5.82 Å². The van der Waals surface area contributed by atoms with Gasteiger partial charge in [0.25, 0.3) is 0 Å². The Labute approximate surface area is 201 Å². The van der Waals surface area contributed by atoms with Crippen molar-refractivity contribution in [2.45, 2.75) is 38.4 Å². The van der Waals surface area contributed by atoms with E-state index >= 15 is 0 Å². The molecule has 2 atom stereocenters. The second-order valence-corrected chi connectivity index (χ2v) is 9.12. The lowest BCUT2D eigenvalue weighted by Gasteiger charge is -2.26. The molecule has 4 heterocycles. The summed E-state index contributed by atoms with van der Waals surface area (Å²) in [7, 11) is 1.75. The van der Waals surface area contributed by atoms with Gasteiger partial charge in [-0.1, -0.05) is 13.8 Å². The van der Waals surface area contributed by atoms with E-state index < -0.39 is 17.6 Å². The van der Waals surface area contributed by atoms with Crippen molar-refractivity contribution in [1.82, 2.24) is 30.0 Å². The summed E-state index contributed by atoms with van der Waals surface area (Å²) in [6, 6.07) is 6.22. The van der Waals surface area contributed by atoms with Crippen molar-refractivity contribution >= 4 is 11.8 Å². The Kier molecular flexibility index (Phi) is 6.68. The maximum Gasteiger partial charge on any atom is 0.419 e. The Balaban J connectivity index is 1.48. The second-order valence-electron chi connectivity index (χ2n) is 9.12. The highest BCUT2D eigenvalue weighted by molar-refractivity contribution is 5.75. The minimum atomic E-state index is -4.60. The molecule has 3 N–H and O–H groups in total. The van der Waals surface area contributed by atoms with E-state index in [0.29, 0.717) is 18.8 Å². The van der Waals surface area contributed by atoms with Gasteiger partial charge >= 0.3 is 12.2 Å². The number of pyridine rings is 2. The molecule has 0 radical (unpaired) electrons. The number of carbonyl (C=O) groups is 1. The van der Waals surface area contributed by atoms with E-state index in [9.17, 15) is 18.0 Å². The number of halogens is 3. The van der Waals surface area contributed by atoms with E-state index in [4.69, 9.17) is 5.73 Å². The second kappa shape index (κ2) is 9.55. The van der Waals surface area contributed by atoms with Gasteiger partial charge in [-0.05, 0) is 42.2 Å². The Bertz CT molecular complexity index is 1190. The number of carbonyl (C=O) groups excluding carboxylic acids is 1. The van der Waals surface area contributed by atoms with Gasteiger partial charge in [0.05, 0.1) is 17.3 Å². The number of hydrogen-bond donors (Lipinski definition) is 2. The highest BCUT2D eigenvalue weighted by Crippen LogP contribution is 2.36. The third-order valence-corrected chi connectivity index (χ3v) is 6.34. The maximum atomic E-state index is 13.2. The van der Waals surface area contributed by atoms with E-state index in [1.54, 1.807) is 35.1 Å². The van der Waals surface area contributed by atoms with Crippen LogP contribution >= 0.6 is 0 Å². The van der Waals surface area contributed by atoms with Crippen molar-refractivity contribution in [2.75, 3.05) is 18.8 Å². The molecule has 1 saturated heterocycles. The minimum Gasteiger partial charge on any atom is -0.383 e. The van der Waals surface area contributed by atoms with E-state index in [2.05, 4.69) is 20.4 Å². The summed E-state index contributed by atoms with van der Waals surface area (Å²) < 4.78 is 41.4.